The average molecular weight is 727 g/mol. The van der Waals surface area contributed by atoms with E-state index in [-0.39, 0.29) is 5.41 Å². The molecule has 1 heterocycles. The van der Waals surface area contributed by atoms with Crippen LogP contribution in [0.1, 0.15) is 25.0 Å². The fourth-order valence-electron chi connectivity index (χ4n) is 9.13. The van der Waals surface area contributed by atoms with Gasteiger partial charge in [0.25, 0.3) is 0 Å². The van der Waals surface area contributed by atoms with Gasteiger partial charge in [-0.3, -0.25) is 0 Å². The van der Waals surface area contributed by atoms with Crippen LogP contribution in [0.2, 0.25) is 0 Å². The molecule has 0 spiro atoms. The lowest BCUT2D eigenvalue weighted by atomic mass is 9.81. The van der Waals surface area contributed by atoms with Crippen molar-refractivity contribution < 1.29 is 0 Å². The second-order valence-electron chi connectivity index (χ2n) is 15.8. The number of nitrogens with zero attached hydrogens (tertiary/aromatic N) is 2. The summed E-state index contributed by atoms with van der Waals surface area (Å²) < 4.78 is 0. The van der Waals surface area contributed by atoms with Crippen molar-refractivity contribution in [2.75, 3.05) is 0 Å². The molecule has 9 aromatic carbocycles. The minimum Gasteiger partial charge on any atom is -0.228 e. The molecule has 1 aromatic heterocycles. The molecule has 268 valence electrons. The summed E-state index contributed by atoms with van der Waals surface area (Å²) in [7, 11) is 0. The van der Waals surface area contributed by atoms with Gasteiger partial charge in [0.15, 0.2) is 5.82 Å². The minimum absolute atomic E-state index is 0.0728. The van der Waals surface area contributed by atoms with Crippen molar-refractivity contribution in [1.29, 1.82) is 0 Å². The molecule has 0 bridgehead atoms. The Morgan fingerprint density at radius 1 is 0.316 bits per heavy atom. The normalized spacial score (nSPS) is 12.9. The van der Waals surface area contributed by atoms with Gasteiger partial charge in [-0.1, -0.05) is 184 Å². The molecule has 2 heteroatoms. The second-order valence-corrected chi connectivity index (χ2v) is 15.8. The lowest BCUT2D eigenvalue weighted by molar-refractivity contribution is 0.661. The summed E-state index contributed by atoms with van der Waals surface area (Å²) in [5.74, 6) is 0.710. The zero-order valence-corrected chi connectivity index (χ0v) is 31.9. The molecule has 1 aliphatic carbocycles. The van der Waals surface area contributed by atoms with E-state index in [9.17, 15) is 0 Å². The Kier molecular flexibility index (Phi) is 7.55. The molecular weight excluding hydrogens is 689 g/mol. The molecule has 0 aliphatic heterocycles. The summed E-state index contributed by atoms with van der Waals surface area (Å²) in [6.45, 7) is 4.71. The molecule has 0 saturated heterocycles. The van der Waals surface area contributed by atoms with Gasteiger partial charge in [-0.2, -0.15) is 0 Å². The standard InChI is InChI=1S/C55H38N2/c1-55(2)50-30-27-41(32-48(50)49-31-39-16-6-7-17-40(39)33-51(49)55)44-28-29-47(46-21-11-10-20-45(44)46)53-34-52(56-54(57-53)38-14-4-3-5-15-38)37-25-23-36(24-26-37)43-22-12-18-35-13-8-9-19-42(35)43/h3-34H,1-2H3. The highest BCUT2D eigenvalue weighted by Crippen LogP contribution is 2.51. The smallest absolute Gasteiger partial charge is 0.160 e. The summed E-state index contributed by atoms with van der Waals surface area (Å²) in [5.41, 5.74) is 15.1. The van der Waals surface area contributed by atoms with Crippen molar-refractivity contribution in [2.45, 2.75) is 19.3 Å². The average Bonchev–Trinajstić information content (AvgIpc) is 3.49. The van der Waals surface area contributed by atoms with Crippen LogP contribution in [0.4, 0.5) is 0 Å². The first kappa shape index (κ1) is 33.2. The summed E-state index contributed by atoms with van der Waals surface area (Å²) in [5, 5.41) is 7.43. The van der Waals surface area contributed by atoms with E-state index in [1.54, 1.807) is 0 Å². The molecule has 0 fully saturated rings. The molecular formula is C55H38N2. The Morgan fingerprint density at radius 2 is 0.877 bits per heavy atom. The molecule has 11 rings (SSSR count). The molecule has 0 N–H and O–H groups in total. The van der Waals surface area contributed by atoms with Gasteiger partial charge < -0.3 is 0 Å². The van der Waals surface area contributed by atoms with E-state index in [1.165, 1.54) is 71.4 Å². The van der Waals surface area contributed by atoms with Crippen LogP contribution in [-0.2, 0) is 5.41 Å². The topological polar surface area (TPSA) is 25.8 Å². The zero-order chi connectivity index (χ0) is 38.1. The van der Waals surface area contributed by atoms with Crippen molar-refractivity contribution in [3.8, 4) is 67.3 Å². The van der Waals surface area contributed by atoms with E-state index in [1.807, 2.05) is 18.2 Å². The maximum absolute atomic E-state index is 5.25. The molecule has 0 unspecified atom stereocenters. The third-order valence-corrected chi connectivity index (χ3v) is 12.1. The van der Waals surface area contributed by atoms with Crippen molar-refractivity contribution in [3.63, 3.8) is 0 Å². The first-order valence-corrected chi connectivity index (χ1v) is 19.7. The largest absolute Gasteiger partial charge is 0.228 e. The summed E-state index contributed by atoms with van der Waals surface area (Å²) in [6.07, 6.45) is 0. The van der Waals surface area contributed by atoms with Crippen molar-refractivity contribution >= 4 is 32.3 Å². The highest BCUT2D eigenvalue weighted by atomic mass is 14.9. The number of fused-ring (bicyclic) bond motifs is 6. The number of rotatable bonds is 5. The van der Waals surface area contributed by atoms with Gasteiger partial charge in [0.05, 0.1) is 11.4 Å². The Morgan fingerprint density at radius 3 is 1.67 bits per heavy atom. The van der Waals surface area contributed by atoms with Gasteiger partial charge >= 0.3 is 0 Å². The molecule has 0 saturated carbocycles. The van der Waals surface area contributed by atoms with Gasteiger partial charge in [0.2, 0.25) is 0 Å². The summed E-state index contributed by atoms with van der Waals surface area (Å²) >= 11 is 0. The van der Waals surface area contributed by atoms with E-state index < -0.39 is 0 Å². The summed E-state index contributed by atoms with van der Waals surface area (Å²) in [4.78, 5) is 10.4. The van der Waals surface area contributed by atoms with Crippen molar-refractivity contribution in [3.05, 3.63) is 205 Å². The van der Waals surface area contributed by atoms with E-state index in [0.717, 1.165) is 33.5 Å². The van der Waals surface area contributed by atoms with Crippen LogP contribution in [0.15, 0.2) is 194 Å². The van der Waals surface area contributed by atoms with E-state index >= 15 is 0 Å². The highest BCUT2D eigenvalue weighted by Gasteiger charge is 2.36. The second kappa shape index (κ2) is 13.0. The van der Waals surface area contributed by atoms with Crippen molar-refractivity contribution in [1.82, 2.24) is 9.97 Å². The minimum atomic E-state index is -0.0728. The molecule has 0 atom stereocenters. The Hall–Kier alpha value is -7.16. The highest BCUT2D eigenvalue weighted by molar-refractivity contribution is 6.06. The predicted octanol–water partition coefficient (Wildman–Crippen LogP) is 14.6. The number of hydrogen-bond donors (Lipinski definition) is 0. The molecule has 0 amide bonds. The maximum Gasteiger partial charge on any atom is 0.160 e. The maximum atomic E-state index is 5.25. The van der Waals surface area contributed by atoms with Crippen LogP contribution in [0.3, 0.4) is 0 Å². The van der Waals surface area contributed by atoms with Crippen LogP contribution >= 0.6 is 0 Å². The first-order chi connectivity index (χ1) is 28.0. The molecule has 57 heavy (non-hydrogen) atoms. The number of aromatic nitrogens is 2. The quantitative estimate of drug-likeness (QED) is 0.176. The van der Waals surface area contributed by atoms with Crippen LogP contribution in [0.25, 0.3) is 99.6 Å². The van der Waals surface area contributed by atoms with Gasteiger partial charge in [-0.05, 0) is 101 Å². The number of benzene rings is 9. The lowest BCUT2D eigenvalue weighted by Gasteiger charge is -2.22. The third kappa shape index (κ3) is 5.48. The van der Waals surface area contributed by atoms with Crippen LogP contribution in [0.5, 0.6) is 0 Å². The van der Waals surface area contributed by atoms with Gasteiger partial charge in [-0.15, -0.1) is 0 Å². The SMILES string of the molecule is CC1(C)c2ccc(-c3ccc(-c4cc(-c5ccc(-c6cccc7ccccc67)cc5)nc(-c5ccccc5)n4)c4ccccc34)cc2-c2cc3ccccc3cc21. The Balaban J connectivity index is 1.03. The predicted molar refractivity (Wildman–Crippen MR) is 239 cm³/mol. The number of hydrogen-bond acceptors (Lipinski definition) is 2. The van der Waals surface area contributed by atoms with Gasteiger partial charge in [0.1, 0.15) is 0 Å². The fourth-order valence-corrected chi connectivity index (χ4v) is 9.13. The van der Waals surface area contributed by atoms with Gasteiger partial charge in [-0.25, -0.2) is 9.97 Å². The molecule has 0 radical (unpaired) electrons. The van der Waals surface area contributed by atoms with E-state index in [0.29, 0.717) is 5.82 Å². The first-order valence-electron chi connectivity index (χ1n) is 19.7. The molecule has 10 aromatic rings. The van der Waals surface area contributed by atoms with Gasteiger partial charge in [0, 0.05) is 22.1 Å². The van der Waals surface area contributed by atoms with E-state index in [2.05, 4.69) is 190 Å². The van der Waals surface area contributed by atoms with Crippen LogP contribution < -0.4 is 0 Å². The zero-order valence-electron chi connectivity index (χ0n) is 31.9. The monoisotopic (exact) mass is 726 g/mol. The van der Waals surface area contributed by atoms with Crippen LogP contribution in [-0.4, -0.2) is 9.97 Å². The Bertz CT molecular complexity index is 3190. The van der Waals surface area contributed by atoms with E-state index in [4.69, 9.17) is 9.97 Å². The summed E-state index contributed by atoms with van der Waals surface area (Å²) in [6, 6.07) is 70.2. The van der Waals surface area contributed by atoms with Crippen molar-refractivity contribution in [2.24, 2.45) is 0 Å². The fraction of sp³-hybridized carbons (Fsp3) is 0.0545. The molecule has 2 nitrogen and oxygen atoms in total. The lowest BCUT2D eigenvalue weighted by Crippen LogP contribution is -2.14. The molecule has 1 aliphatic rings. The third-order valence-electron chi connectivity index (χ3n) is 12.1. The van der Waals surface area contributed by atoms with Crippen LogP contribution in [0, 0.1) is 0 Å². The Labute approximate surface area is 332 Å².